The summed E-state index contributed by atoms with van der Waals surface area (Å²) in [5, 5.41) is 0. The van der Waals surface area contributed by atoms with Gasteiger partial charge in [-0.15, -0.1) is 0 Å². The van der Waals surface area contributed by atoms with Crippen molar-refractivity contribution in [1.82, 2.24) is 0 Å². The molecule has 4 heteroatoms. The zero-order chi connectivity index (χ0) is 14.9. The van der Waals surface area contributed by atoms with Crippen LogP contribution in [-0.4, -0.2) is 7.11 Å². The molecule has 0 heterocycles. The predicted octanol–water partition coefficient (Wildman–Crippen LogP) is 6.32. The van der Waals surface area contributed by atoms with E-state index in [9.17, 15) is 0 Å². The van der Waals surface area contributed by atoms with Crippen molar-refractivity contribution in [3.63, 3.8) is 0 Å². The zero-order valence-corrected chi connectivity index (χ0v) is 16.3. The van der Waals surface area contributed by atoms with Gasteiger partial charge in [0.1, 0.15) is 5.75 Å². The number of methoxy groups -OCH3 is 1. The molecule has 1 atom stereocenters. The molecule has 1 nitrogen and oxygen atoms in total. The second kappa shape index (κ2) is 6.63. The Morgan fingerprint density at radius 1 is 1.05 bits per heavy atom. The van der Waals surface area contributed by atoms with Gasteiger partial charge in [0.2, 0.25) is 0 Å². The molecule has 0 radical (unpaired) electrons. The summed E-state index contributed by atoms with van der Waals surface area (Å²) in [6.07, 6.45) is 0. The van der Waals surface area contributed by atoms with Crippen molar-refractivity contribution in [1.29, 1.82) is 0 Å². The third-order valence-corrected chi connectivity index (χ3v) is 5.67. The summed E-state index contributed by atoms with van der Waals surface area (Å²) in [5.74, 6) is 0.940. The first-order chi connectivity index (χ1) is 9.45. The Kier molecular flexibility index (Phi) is 5.32. The standard InChI is InChI=1S/C16H15Br3O/c1-9-8-13(18)10(2)14(16(9)20-3)15(19)11-4-6-12(17)7-5-11/h4-8,15H,1-3H3. The van der Waals surface area contributed by atoms with Crippen LogP contribution in [0.5, 0.6) is 5.75 Å². The van der Waals surface area contributed by atoms with Crippen molar-refractivity contribution in [2.24, 2.45) is 0 Å². The molecule has 0 aromatic heterocycles. The molecule has 0 saturated heterocycles. The molecule has 0 spiro atoms. The van der Waals surface area contributed by atoms with Crippen molar-refractivity contribution < 1.29 is 4.74 Å². The van der Waals surface area contributed by atoms with E-state index >= 15 is 0 Å². The lowest BCUT2D eigenvalue weighted by molar-refractivity contribution is 0.406. The van der Waals surface area contributed by atoms with Crippen LogP contribution in [-0.2, 0) is 0 Å². The molecule has 0 aliphatic carbocycles. The molecule has 2 rings (SSSR count). The van der Waals surface area contributed by atoms with Crippen LogP contribution in [0, 0.1) is 13.8 Å². The molecule has 0 bridgehead atoms. The summed E-state index contributed by atoms with van der Waals surface area (Å²) in [4.78, 5) is 0.0988. The van der Waals surface area contributed by atoms with Gasteiger partial charge in [0.25, 0.3) is 0 Å². The molecular weight excluding hydrogens is 448 g/mol. The van der Waals surface area contributed by atoms with Gasteiger partial charge in [0.15, 0.2) is 0 Å². The second-order valence-electron chi connectivity index (χ2n) is 4.66. The summed E-state index contributed by atoms with van der Waals surface area (Å²) in [6, 6.07) is 10.4. The quantitative estimate of drug-likeness (QED) is 0.485. The van der Waals surface area contributed by atoms with Crippen LogP contribution in [0.4, 0.5) is 0 Å². The minimum Gasteiger partial charge on any atom is -0.496 e. The number of halogens is 3. The number of rotatable bonds is 3. The van der Waals surface area contributed by atoms with Crippen LogP contribution in [0.3, 0.4) is 0 Å². The molecule has 20 heavy (non-hydrogen) atoms. The van der Waals surface area contributed by atoms with E-state index in [2.05, 4.69) is 92.0 Å². The Labute approximate surface area is 145 Å². The summed E-state index contributed by atoms with van der Waals surface area (Å²) < 4.78 is 7.80. The predicted molar refractivity (Wildman–Crippen MR) is 95.1 cm³/mol. The van der Waals surface area contributed by atoms with Crippen LogP contribution in [0.15, 0.2) is 39.3 Å². The third-order valence-electron chi connectivity index (χ3n) is 3.33. The first-order valence-electron chi connectivity index (χ1n) is 6.18. The van der Waals surface area contributed by atoms with Gasteiger partial charge in [0.05, 0.1) is 11.9 Å². The molecule has 0 aliphatic heterocycles. The highest BCUT2D eigenvalue weighted by atomic mass is 79.9. The van der Waals surface area contributed by atoms with Crippen molar-refractivity contribution in [3.8, 4) is 5.75 Å². The Morgan fingerprint density at radius 2 is 1.65 bits per heavy atom. The molecule has 106 valence electrons. The van der Waals surface area contributed by atoms with E-state index in [4.69, 9.17) is 4.74 Å². The topological polar surface area (TPSA) is 9.23 Å². The van der Waals surface area contributed by atoms with E-state index in [-0.39, 0.29) is 4.83 Å². The van der Waals surface area contributed by atoms with Gasteiger partial charge in [-0.1, -0.05) is 59.9 Å². The van der Waals surface area contributed by atoms with Crippen LogP contribution in [0.2, 0.25) is 0 Å². The Hall–Kier alpha value is -0.320. The first kappa shape index (κ1) is 16.1. The highest BCUT2D eigenvalue weighted by Crippen LogP contribution is 2.43. The summed E-state index contributed by atoms with van der Waals surface area (Å²) in [7, 11) is 1.72. The number of aryl methyl sites for hydroxylation is 1. The normalized spacial score (nSPS) is 12.3. The van der Waals surface area contributed by atoms with Crippen molar-refractivity contribution in [2.75, 3.05) is 7.11 Å². The molecular formula is C16H15Br3O. The lowest BCUT2D eigenvalue weighted by Gasteiger charge is -2.20. The maximum Gasteiger partial charge on any atom is 0.126 e. The smallest absolute Gasteiger partial charge is 0.126 e. The van der Waals surface area contributed by atoms with Gasteiger partial charge in [-0.3, -0.25) is 0 Å². The number of alkyl halides is 1. The molecule has 0 fully saturated rings. The van der Waals surface area contributed by atoms with Gasteiger partial charge in [-0.05, 0) is 48.7 Å². The maximum atomic E-state index is 5.62. The third kappa shape index (κ3) is 3.12. The second-order valence-corrected chi connectivity index (χ2v) is 7.35. The zero-order valence-electron chi connectivity index (χ0n) is 11.5. The molecule has 0 aliphatic rings. The molecule has 2 aromatic carbocycles. The van der Waals surface area contributed by atoms with Crippen LogP contribution in [0.1, 0.15) is 27.1 Å². The lowest BCUT2D eigenvalue weighted by atomic mass is 9.97. The first-order valence-corrected chi connectivity index (χ1v) is 8.69. The summed E-state index contributed by atoms with van der Waals surface area (Å²) in [5.41, 5.74) is 4.69. The highest BCUT2D eigenvalue weighted by Gasteiger charge is 2.21. The average Bonchev–Trinajstić information content (AvgIpc) is 2.42. The monoisotopic (exact) mass is 460 g/mol. The molecule has 2 aromatic rings. The van der Waals surface area contributed by atoms with E-state index in [1.54, 1.807) is 7.11 Å². The number of benzene rings is 2. The molecule has 0 amide bonds. The van der Waals surface area contributed by atoms with Crippen molar-refractivity contribution in [3.05, 3.63) is 61.5 Å². The lowest BCUT2D eigenvalue weighted by Crippen LogP contribution is -2.02. The van der Waals surface area contributed by atoms with Gasteiger partial charge in [-0.2, -0.15) is 0 Å². The largest absolute Gasteiger partial charge is 0.496 e. The number of hydrogen-bond acceptors (Lipinski definition) is 1. The summed E-state index contributed by atoms with van der Waals surface area (Å²) in [6.45, 7) is 4.17. The minimum absolute atomic E-state index is 0.0988. The van der Waals surface area contributed by atoms with E-state index in [0.717, 1.165) is 20.3 Å². The van der Waals surface area contributed by atoms with Crippen LogP contribution in [0.25, 0.3) is 0 Å². The average molecular weight is 463 g/mol. The van der Waals surface area contributed by atoms with Crippen LogP contribution >= 0.6 is 47.8 Å². The molecule has 1 unspecified atom stereocenters. The van der Waals surface area contributed by atoms with Crippen molar-refractivity contribution in [2.45, 2.75) is 18.7 Å². The maximum absolute atomic E-state index is 5.62. The van der Waals surface area contributed by atoms with Crippen LogP contribution < -0.4 is 4.74 Å². The van der Waals surface area contributed by atoms with E-state index < -0.39 is 0 Å². The number of ether oxygens (including phenoxy) is 1. The van der Waals surface area contributed by atoms with E-state index in [1.165, 1.54) is 16.7 Å². The Bertz CT molecular complexity index is 621. The molecule has 0 saturated carbocycles. The SMILES string of the molecule is COc1c(C)cc(Br)c(C)c1C(Br)c1ccc(Br)cc1. The Balaban J connectivity index is 2.58. The van der Waals surface area contributed by atoms with Gasteiger partial charge < -0.3 is 4.74 Å². The van der Waals surface area contributed by atoms with E-state index in [0.29, 0.717) is 0 Å². The fourth-order valence-electron chi connectivity index (χ4n) is 2.25. The van der Waals surface area contributed by atoms with E-state index in [1.807, 2.05) is 0 Å². The number of hydrogen-bond donors (Lipinski definition) is 0. The fraction of sp³-hybridized carbons (Fsp3) is 0.250. The molecule has 0 N–H and O–H groups in total. The minimum atomic E-state index is 0.0988. The van der Waals surface area contributed by atoms with Gasteiger partial charge >= 0.3 is 0 Å². The van der Waals surface area contributed by atoms with Gasteiger partial charge in [0, 0.05) is 14.5 Å². The van der Waals surface area contributed by atoms with Crippen molar-refractivity contribution >= 4 is 47.8 Å². The highest BCUT2D eigenvalue weighted by molar-refractivity contribution is 9.11. The van der Waals surface area contributed by atoms with Gasteiger partial charge in [-0.25, -0.2) is 0 Å². The Morgan fingerprint density at radius 3 is 2.20 bits per heavy atom. The fourth-order valence-corrected chi connectivity index (χ4v) is 3.93. The summed E-state index contributed by atoms with van der Waals surface area (Å²) >= 11 is 10.9.